The summed E-state index contributed by atoms with van der Waals surface area (Å²) in [6.07, 6.45) is 7.20. The summed E-state index contributed by atoms with van der Waals surface area (Å²) in [7, 11) is 0. The Hall–Kier alpha value is -2.43. The van der Waals surface area contributed by atoms with E-state index in [9.17, 15) is 10.2 Å². The van der Waals surface area contributed by atoms with Crippen molar-refractivity contribution in [3.63, 3.8) is 0 Å². The van der Waals surface area contributed by atoms with Crippen molar-refractivity contribution in [2.45, 2.75) is 63.9 Å². The Balaban J connectivity index is 1.49. The van der Waals surface area contributed by atoms with Gasteiger partial charge in [-0.25, -0.2) is 9.97 Å². The van der Waals surface area contributed by atoms with Crippen LogP contribution in [0, 0.1) is 5.92 Å². The Bertz CT molecular complexity index is 1290. The normalized spacial score (nSPS) is 20.4. The van der Waals surface area contributed by atoms with Crippen molar-refractivity contribution in [2.24, 2.45) is 5.92 Å². The number of aliphatic hydroxyl groups excluding tert-OH is 2. The van der Waals surface area contributed by atoms with Crippen molar-refractivity contribution in [1.29, 1.82) is 0 Å². The lowest BCUT2D eigenvalue weighted by molar-refractivity contribution is 0.0977. The molecule has 0 amide bonds. The molecule has 1 aliphatic carbocycles. The summed E-state index contributed by atoms with van der Waals surface area (Å²) < 4.78 is 2.74. The fourth-order valence-electron chi connectivity index (χ4n) is 4.80. The van der Waals surface area contributed by atoms with Gasteiger partial charge in [-0.15, -0.1) is 11.3 Å². The quantitative estimate of drug-likeness (QED) is 0.297. The second kappa shape index (κ2) is 10.3. The number of aromatic nitrogens is 5. The number of hydrogen-bond acceptors (Lipinski definition) is 8. The molecule has 1 fully saturated rings. The average molecular weight is 513 g/mol. The van der Waals surface area contributed by atoms with Crippen molar-refractivity contribution >= 4 is 34.0 Å². The molecular weight excluding hydrogens is 484 g/mol. The Morgan fingerprint density at radius 2 is 1.97 bits per heavy atom. The summed E-state index contributed by atoms with van der Waals surface area (Å²) in [4.78, 5) is 18.1. The first-order valence-corrected chi connectivity index (χ1v) is 13.1. The van der Waals surface area contributed by atoms with Gasteiger partial charge in [-0.05, 0) is 49.8 Å². The van der Waals surface area contributed by atoms with Crippen molar-refractivity contribution < 1.29 is 10.2 Å². The lowest BCUT2D eigenvalue weighted by Crippen LogP contribution is -2.37. The number of nitrogens with one attached hydrogen (secondary N) is 1. The highest BCUT2D eigenvalue weighted by Crippen LogP contribution is 2.37. The van der Waals surface area contributed by atoms with E-state index in [4.69, 9.17) is 16.6 Å². The predicted molar refractivity (Wildman–Crippen MR) is 137 cm³/mol. The second-order valence-electron chi connectivity index (χ2n) is 9.39. The highest BCUT2D eigenvalue weighted by atomic mass is 35.5. The van der Waals surface area contributed by atoms with Gasteiger partial charge in [0.15, 0.2) is 6.23 Å². The molecule has 1 aliphatic rings. The van der Waals surface area contributed by atoms with Gasteiger partial charge in [-0.2, -0.15) is 0 Å². The van der Waals surface area contributed by atoms with Crippen LogP contribution in [0.25, 0.3) is 22.4 Å². The molecule has 8 nitrogen and oxygen atoms in total. The summed E-state index contributed by atoms with van der Waals surface area (Å²) >= 11 is 7.27. The van der Waals surface area contributed by atoms with E-state index < -0.39 is 12.3 Å². The molecule has 5 rings (SSSR count). The van der Waals surface area contributed by atoms with Gasteiger partial charge in [0.2, 0.25) is 0 Å². The van der Waals surface area contributed by atoms with Gasteiger partial charge in [0.1, 0.15) is 26.8 Å². The molecule has 1 unspecified atom stereocenters. The zero-order chi connectivity index (χ0) is 24.5. The molecule has 184 valence electrons. The van der Waals surface area contributed by atoms with Crippen LogP contribution in [0.5, 0.6) is 0 Å². The first-order chi connectivity index (χ1) is 16.9. The summed E-state index contributed by atoms with van der Waals surface area (Å²) in [5.41, 5.74) is 3.26. The van der Waals surface area contributed by atoms with Gasteiger partial charge >= 0.3 is 0 Å². The Morgan fingerprint density at radius 1 is 1.11 bits per heavy atom. The summed E-state index contributed by atoms with van der Waals surface area (Å²) in [6, 6.07) is 7.98. The number of nitrogens with zero attached hydrogens (tertiary/aromatic N) is 5. The van der Waals surface area contributed by atoms with E-state index in [1.807, 2.05) is 38.1 Å². The molecule has 0 bridgehead atoms. The number of halogens is 1. The third-order valence-corrected chi connectivity index (χ3v) is 7.73. The minimum Gasteiger partial charge on any atom is -0.385 e. The van der Waals surface area contributed by atoms with E-state index >= 15 is 0 Å². The largest absolute Gasteiger partial charge is 0.385 e. The fraction of sp³-hybridized carbons (Fsp3) is 0.440. The number of thiazole rings is 1. The molecule has 3 N–H and O–H groups in total. The Kier molecular flexibility index (Phi) is 7.13. The summed E-state index contributed by atoms with van der Waals surface area (Å²) in [5.74, 6) is 0.677. The first kappa shape index (κ1) is 24.3. The molecule has 10 heteroatoms. The molecule has 0 spiro atoms. The smallest absolute Gasteiger partial charge is 0.157 e. The van der Waals surface area contributed by atoms with E-state index in [0.717, 1.165) is 48.1 Å². The van der Waals surface area contributed by atoms with Crippen LogP contribution in [-0.4, -0.2) is 40.8 Å². The zero-order valence-corrected chi connectivity index (χ0v) is 21.2. The van der Waals surface area contributed by atoms with Crippen LogP contribution in [0.15, 0.2) is 42.9 Å². The third-order valence-electron chi connectivity index (χ3n) is 6.56. The number of pyridine rings is 2. The van der Waals surface area contributed by atoms with Gasteiger partial charge in [0, 0.05) is 18.3 Å². The number of hydrogen-bond donors (Lipinski definition) is 3. The Labute approximate surface area is 213 Å². The molecule has 1 saturated carbocycles. The van der Waals surface area contributed by atoms with Crippen LogP contribution in [0.1, 0.15) is 68.7 Å². The SMILES string of the molecule is CC(C)[C@@H](O)c1nc2cnc(-c3ccccn3)cc2n1[C@@H]1CCC[C@H](NC(O)c2ncc(Cl)s2)C1. The van der Waals surface area contributed by atoms with Crippen LogP contribution >= 0.6 is 22.9 Å². The molecule has 0 radical (unpaired) electrons. The molecule has 0 aromatic carbocycles. The van der Waals surface area contributed by atoms with Crippen molar-refractivity contribution in [1.82, 2.24) is 29.8 Å². The lowest BCUT2D eigenvalue weighted by atomic mass is 9.90. The number of rotatable bonds is 7. The predicted octanol–water partition coefficient (Wildman–Crippen LogP) is 5.06. The molecule has 35 heavy (non-hydrogen) atoms. The number of aliphatic hydroxyl groups is 2. The maximum atomic E-state index is 11.1. The molecule has 4 heterocycles. The van der Waals surface area contributed by atoms with Gasteiger partial charge in [0.25, 0.3) is 0 Å². The monoisotopic (exact) mass is 512 g/mol. The van der Waals surface area contributed by atoms with Crippen LogP contribution in [-0.2, 0) is 0 Å². The van der Waals surface area contributed by atoms with E-state index in [1.54, 1.807) is 18.6 Å². The summed E-state index contributed by atoms with van der Waals surface area (Å²) in [6.45, 7) is 3.99. The highest BCUT2D eigenvalue weighted by Gasteiger charge is 2.31. The molecule has 4 aromatic rings. The van der Waals surface area contributed by atoms with Gasteiger partial charge in [-0.1, -0.05) is 31.5 Å². The zero-order valence-electron chi connectivity index (χ0n) is 19.7. The minimum atomic E-state index is -0.864. The maximum Gasteiger partial charge on any atom is 0.157 e. The van der Waals surface area contributed by atoms with Crippen molar-refractivity contribution in [3.8, 4) is 11.4 Å². The van der Waals surface area contributed by atoms with Crippen molar-refractivity contribution in [2.75, 3.05) is 0 Å². The highest BCUT2D eigenvalue weighted by molar-refractivity contribution is 7.15. The van der Waals surface area contributed by atoms with E-state index in [1.165, 1.54) is 11.3 Å². The van der Waals surface area contributed by atoms with E-state index in [2.05, 4.69) is 24.8 Å². The standard InChI is InChI=1S/C25H29ClN6O2S/c1-14(2)22(33)23-31-19-12-28-18(17-8-3-4-9-27-17)11-20(19)32(23)16-7-5-6-15(10-16)30-24(34)25-29-13-21(26)35-25/h3-4,8-9,11-16,22,24,30,33-34H,5-7,10H2,1-2H3/t15-,16+,22+,24?/m0/s1. The van der Waals surface area contributed by atoms with Crippen LogP contribution in [0.2, 0.25) is 4.34 Å². The van der Waals surface area contributed by atoms with Crippen molar-refractivity contribution in [3.05, 3.63) is 58.0 Å². The molecule has 4 atom stereocenters. The fourth-order valence-corrected chi connectivity index (χ4v) is 5.68. The van der Waals surface area contributed by atoms with Crippen LogP contribution in [0.4, 0.5) is 0 Å². The summed E-state index contributed by atoms with van der Waals surface area (Å²) in [5, 5.41) is 25.6. The van der Waals surface area contributed by atoms with Crippen LogP contribution in [0.3, 0.4) is 0 Å². The van der Waals surface area contributed by atoms with Gasteiger partial charge in [0.05, 0.1) is 29.3 Å². The van der Waals surface area contributed by atoms with E-state index in [-0.39, 0.29) is 18.0 Å². The van der Waals surface area contributed by atoms with E-state index in [0.29, 0.717) is 15.2 Å². The molecule has 0 saturated heterocycles. The number of imidazole rings is 1. The van der Waals surface area contributed by atoms with Gasteiger partial charge < -0.3 is 14.8 Å². The molecular formula is C25H29ClN6O2S. The lowest BCUT2D eigenvalue weighted by Gasteiger charge is -2.33. The van der Waals surface area contributed by atoms with Gasteiger partial charge in [-0.3, -0.25) is 15.3 Å². The molecule has 4 aromatic heterocycles. The van der Waals surface area contributed by atoms with Crippen LogP contribution < -0.4 is 5.32 Å². The third kappa shape index (κ3) is 5.10. The second-order valence-corrected chi connectivity index (χ2v) is 11.1. The minimum absolute atomic E-state index is 0.0165. The maximum absolute atomic E-state index is 11.1. The number of fused-ring (bicyclic) bond motifs is 1. The first-order valence-electron chi connectivity index (χ1n) is 11.9. The Morgan fingerprint density at radius 3 is 2.69 bits per heavy atom. The average Bonchev–Trinajstić information content (AvgIpc) is 3.47. The topological polar surface area (TPSA) is 109 Å². The molecule has 0 aliphatic heterocycles.